The van der Waals surface area contributed by atoms with Gasteiger partial charge in [0.1, 0.15) is 4.32 Å². The van der Waals surface area contributed by atoms with E-state index in [9.17, 15) is 0 Å². The fraction of sp³-hybridized carbons (Fsp3) is 0.800. The average molecular weight is 186 g/mol. The Hall–Kier alpha value is 1.20. The third-order valence-electron chi connectivity index (χ3n) is 1.28. The Kier molecular flexibility index (Phi) is 6.50. The number of rotatable bonds is 0. The standard InChI is InChI=1S/C5H9NOS2.Na/c8-5(9)6-1-3-7-4-2-6;/h1-4H2,(H,8,9);. The van der Waals surface area contributed by atoms with Crippen LogP contribution in [-0.4, -0.2) is 65.1 Å². The molecule has 0 atom stereocenters. The van der Waals surface area contributed by atoms with E-state index in [1.54, 1.807) is 0 Å². The number of hydrogen-bond donors (Lipinski definition) is 1. The van der Waals surface area contributed by atoms with E-state index in [0.717, 1.165) is 26.3 Å². The minimum absolute atomic E-state index is 0. The number of thiol groups is 1. The summed E-state index contributed by atoms with van der Waals surface area (Å²) < 4.78 is 5.79. The van der Waals surface area contributed by atoms with E-state index < -0.39 is 0 Å². The van der Waals surface area contributed by atoms with Gasteiger partial charge in [0.15, 0.2) is 0 Å². The van der Waals surface area contributed by atoms with Crippen LogP contribution in [0.4, 0.5) is 0 Å². The maximum atomic E-state index is 5.11. The first kappa shape index (κ1) is 11.2. The van der Waals surface area contributed by atoms with E-state index in [1.165, 1.54) is 0 Å². The van der Waals surface area contributed by atoms with Crippen LogP contribution in [0.25, 0.3) is 0 Å². The van der Waals surface area contributed by atoms with Gasteiger partial charge in [-0.2, -0.15) is 0 Å². The molecule has 0 aromatic carbocycles. The molecule has 0 bridgehead atoms. The number of ether oxygens (including phenoxy) is 1. The summed E-state index contributed by atoms with van der Waals surface area (Å²) in [6.07, 6.45) is 0. The molecule has 0 N–H and O–H groups in total. The predicted octanol–water partition coefficient (Wildman–Crippen LogP) is 0.152. The first-order chi connectivity index (χ1) is 4.30. The van der Waals surface area contributed by atoms with Crippen molar-refractivity contribution < 1.29 is 4.74 Å². The first-order valence-corrected chi connectivity index (χ1v) is 3.72. The maximum absolute atomic E-state index is 5.11. The van der Waals surface area contributed by atoms with E-state index in [2.05, 4.69) is 12.6 Å². The molecule has 1 aliphatic heterocycles. The number of hydrogen-bond acceptors (Lipinski definition) is 2. The van der Waals surface area contributed by atoms with Gasteiger partial charge in [-0.25, -0.2) is 0 Å². The summed E-state index contributed by atoms with van der Waals surface area (Å²) in [7, 11) is 0. The van der Waals surface area contributed by atoms with Crippen molar-refractivity contribution >= 4 is 58.7 Å². The van der Waals surface area contributed by atoms with Crippen LogP contribution in [-0.2, 0) is 4.74 Å². The van der Waals surface area contributed by atoms with Crippen LogP contribution in [0.3, 0.4) is 0 Å². The van der Waals surface area contributed by atoms with Crippen LogP contribution in [0, 0.1) is 0 Å². The van der Waals surface area contributed by atoms with Crippen molar-refractivity contribution in [1.29, 1.82) is 0 Å². The van der Waals surface area contributed by atoms with E-state index in [-0.39, 0.29) is 29.6 Å². The summed E-state index contributed by atoms with van der Waals surface area (Å²) in [5, 5.41) is 0. The molecule has 2 nitrogen and oxygen atoms in total. The SMILES string of the molecule is S=C(S)N1CCOCC1.[Na]. The second kappa shape index (κ2) is 5.80. The van der Waals surface area contributed by atoms with Crippen LogP contribution in [0.1, 0.15) is 0 Å². The molecular formula is C5H9NNaOS2. The molecule has 0 unspecified atom stereocenters. The van der Waals surface area contributed by atoms with Gasteiger partial charge >= 0.3 is 0 Å². The molecule has 0 aromatic heterocycles. The minimum atomic E-state index is 0. The van der Waals surface area contributed by atoms with Crippen molar-refractivity contribution in [2.45, 2.75) is 0 Å². The molecule has 53 valence electrons. The van der Waals surface area contributed by atoms with Crippen molar-refractivity contribution in [3.63, 3.8) is 0 Å². The van der Waals surface area contributed by atoms with Gasteiger partial charge in [-0.15, -0.1) is 12.6 Å². The predicted molar refractivity (Wildman–Crippen MR) is 49.7 cm³/mol. The zero-order valence-corrected chi connectivity index (χ0v) is 9.75. The number of nitrogens with zero attached hydrogens (tertiary/aromatic N) is 1. The zero-order valence-electron chi connectivity index (χ0n) is 6.04. The van der Waals surface area contributed by atoms with Gasteiger partial charge in [-0.1, -0.05) is 12.2 Å². The summed E-state index contributed by atoms with van der Waals surface area (Å²) in [6.45, 7) is 3.34. The Bertz CT molecular complexity index is 116. The molecule has 5 heteroatoms. The smallest absolute Gasteiger partial charge is 0.133 e. The third kappa shape index (κ3) is 3.55. The molecule has 1 aliphatic rings. The van der Waals surface area contributed by atoms with Crippen LogP contribution in [0.15, 0.2) is 0 Å². The topological polar surface area (TPSA) is 12.5 Å². The van der Waals surface area contributed by atoms with Crippen molar-refractivity contribution in [3.05, 3.63) is 0 Å². The van der Waals surface area contributed by atoms with Crippen molar-refractivity contribution in [2.24, 2.45) is 0 Å². The normalized spacial score (nSPS) is 17.9. The fourth-order valence-corrected chi connectivity index (χ4v) is 1.14. The fourth-order valence-electron chi connectivity index (χ4n) is 0.755. The molecule has 0 amide bonds. The van der Waals surface area contributed by atoms with Gasteiger partial charge in [0, 0.05) is 42.6 Å². The summed E-state index contributed by atoms with van der Waals surface area (Å²) in [4.78, 5) is 2.03. The number of thiocarbonyl (C=S) groups is 1. The average Bonchev–Trinajstić information content (AvgIpc) is 1.90. The molecule has 0 saturated carbocycles. The van der Waals surface area contributed by atoms with Crippen LogP contribution in [0.5, 0.6) is 0 Å². The molecule has 0 aromatic rings. The van der Waals surface area contributed by atoms with Crippen molar-refractivity contribution in [2.75, 3.05) is 26.3 Å². The zero-order chi connectivity index (χ0) is 6.69. The molecule has 10 heavy (non-hydrogen) atoms. The molecular weight excluding hydrogens is 177 g/mol. The second-order valence-electron chi connectivity index (χ2n) is 1.88. The maximum Gasteiger partial charge on any atom is 0.133 e. The Morgan fingerprint density at radius 2 is 1.90 bits per heavy atom. The summed E-state index contributed by atoms with van der Waals surface area (Å²) in [5.74, 6) is 0. The first-order valence-electron chi connectivity index (χ1n) is 2.86. The van der Waals surface area contributed by atoms with Gasteiger partial charge in [-0.05, 0) is 0 Å². The van der Waals surface area contributed by atoms with Crippen molar-refractivity contribution in [3.8, 4) is 0 Å². The second-order valence-corrected chi connectivity index (χ2v) is 2.99. The van der Waals surface area contributed by atoms with E-state index in [0.29, 0.717) is 4.32 Å². The van der Waals surface area contributed by atoms with Gasteiger partial charge in [0.05, 0.1) is 13.2 Å². The Balaban J connectivity index is 0.000000810. The third-order valence-corrected chi connectivity index (χ3v) is 1.82. The molecule has 1 saturated heterocycles. The number of morpholine rings is 1. The molecule has 1 fully saturated rings. The Labute approximate surface area is 94.0 Å². The molecule has 1 rings (SSSR count). The van der Waals surface area contributed by atoms with Crippen LogP contribution >= 0.6 is 24.8 Å². The molecule has 1 radical (unpaired) electrons. The minimum Gasteiger partial charge on any atom is -0.378 e. The van der Waals surface area contributed by atoms with Crippen molar-refractivity contribution in [1.82, 2.24) is 4.90 Å². The van der Waals surface area contributed by atoms with Gasteiger partial charge in [0.2, 0.25) is 0 Å². The summed E-state index contributed by atoms with van der Waals surface area (Å²) in [5.41, 5.74) is 0. The largest absolute Gasteiger partial charge is 0.378 e. The van der Waals surface area contributed by atoms with Crippen LogP contribution < -0.4 is 0 Å². The quantitative estimate of drug-likeness (QED) is 0.329. The summed E-state index contributed by atoms with van der Waals surface area (Å²) in [6, 6.07) is 0. The molecule has 0 aliphatic carbocycles. The van der Waals surface area contributed by atoms with Crippen LogP contribution in [0.2, 0.25) is 0 Å². The molecule has 0 spiro atoms. The van der Waals surface area contributed by atoms with E-state index >= 15 is 0 Å². The summed E-state index contributed by atoms with van der Waals surface area (Å²) >= 11 is 8.89. The Morgan fingerprint density at radius 3 is 2.20 bits per heavy atom. The van der Waals surface area contributed by atoms with Gasteiger partial charge in [-0.3, -0.25) is 0 Å². The van der Waals surface area contributed by atoms with Gasteiger partial charge in [0.25, 0.3) is 0 Å². The Morgan fingerprint density at radius 1 is 1.40 bits per heavy atom. The van der Waals surface area contributed by atoms with E-state index in [4.69, 9.17) is 17.0 Å². The van der Waals surface area contributed by atoms with Gasteiger partial charge < -0.3 is 9.64 Å². The monoisotopic (exact) mass is 186 g/mol. The molecule has 1 heterocycles. The van der Waals surface area contributed by atoms with E-state index in [1.807, 2.05) is 4.90 Å².